The molecule has 3 heterocycles. The molecule has 0 amide bonds. The van der Waals surface area contributed by atoms with Crippen molar-refractivity contribution in [2.45, 2.75) is 32.0 Å². The van der Waals surface area contributed by atoms with Gasteiger partial charge in [0.1, 0.15) is 11.6 Å². The Balaban J connectivity index is 1.63. The molecular formula is C25H23FN4O5. The van der Waals surface area contributed by atoms with E-state index >= 15 is 0 Å². The lowest BCUT2D eigenvalue weighted by Gasteiger charge is -2.15. The average Bonchev–Trinajstić information content (AvgIpc) is 3.53. The summed E-state index contributed by atoms with van der Waals surface area (Å²) in [5.74, 6) is -0.0761. The number of ketones is 1. The average molecular weight is 478 g/mol. The molecule has 1 aliphatic heterocycles. The van der Waals surface area contributed by atoms with Crippen molar-refractivity contribution in [1.29, 1.82) is 0 Å². The summed E-state index contributed by atoms with van der Waals surface area (Å²) in [6.07, 6.45) is 2.68. The summed E-state index contributed by atoms with van der Waals surface area (Å²) in [7, 11) is 1.54. The number of hydrogen-bond acceptors (Lipinski definition) is 6. The molecule has 0 spiro atoms. The van der Waals surface area contributed by atoms with E-state index in [9.17, 15) is 18.8 Å². The van der Waals surface area contributed by atoms with Gasteiger partial charge in [0.05, 0.1) is 38.3 Å². The monoisotopic (exact) mass is 478 g/mol. The first-order chi connectivity index (χ1) is 17.0. The number of methoxy groups -OCH3 is 1. The second kappa shape index (κ2) is 9.30. The number of rotatable bonds is 7. The van der Waals surface area contributed by atoms with Crippen LogP contribution in [-0.2, 0) is 17.8 Å². The summed E-state index contributed by atoms with van der Waals surface area (Å²) in [6.45, 7) is 0.494. The van der Waals surface area contributed by atoms with Crippen molar-refractivity contribution in [3.63, 3.8) is 0 Å². The molecule has 0 bridgehead atoms. The number of hydrogen-bond donors (Lipinski definition) is 0. The molecule has 2 aromatic carbocycles. The quantitative estimate of drug-likeness (QED) is 0.379. The Hall–Kier alpha value is -4.05. The molecule has 1 atom stereocenters. The van der Waals surface area contributed by atoms with Crippen molar-refractivity contribution in [2.75, 3.05) is 13.7 Å². The molecule has 9 nitrogen and oxygen atoms in total. The molecule has 1 saturated heterocycles. The summed E-state index contributed by atoms with van der Waals surface area (Å²) >= 11 is 0. The summed E-state index contributed by atoms with van der Waals surface area (Å²) in [6, 6.07) is 12.0. The molecule has 1 unspecified atom stereocenters. The maximum absolute atomic E-state index is 13.6. The molecule has 0 saturated carbocycles. The smallest absolute Gasteiger partial charge is 0.337 e. The van der Waals surface area contributed by atoms with Crippen molar-refractivity contribution >= 4 is 16.9 Å². The molecular weight excluding hydrogens is 455 g/mol. The first-order valence-corrected chi connectivity index (χ1v) is 11.2. The second-order valence-electron chi connectivity index (χ2n) is 8.34. The van der Waals surface area contributed by atoms with E-state index in [0.29, 0.717) is 23.6 Å². The minimum absolute atomic E-state index is 0.0758. The van der Waals surface area contributed by atoms with Gasteiger partial charge in [-0.25, -0.2) is 18.7 Å². The highest BCUT2D eigenvalue weighted by atomic mass is 19.1. The van der Waals surface area contributed by atoms with E-state index in [0.717, 1.165) is 17.4 Å². The number of carbonyl (C=O) groups is 1. The van der Waals surface area contributed by atoms with Crippen molar-refractivity contribution < 1.29 is 18.7 Å². The minimum Gasteiger partial charge on any atom is -0.497 e. The third-order valence-corrected chi connectivity index (χ3v) is 6.12. The Labute approximate surface area is 199 Å². The first-order valence-electron chi connectivity index (χ1n) is 11.2. The van der Waals surface area contributed by atoms with Crippen LogP contribution in [0, 0.1) is 5.82 Å². The van der Waals surface area contributed by atoms with E-state index in [-0.39, 0.29) is 36.1 Å². The fourth-order valence-corrected chi connectivity index (χ4v) is 4.30. The molecule has 0 N–H and O–H groups in total. The molecule has 10 heteroatoms. The fraction of sp³-hybridized carbons (Fsp3) is 0.280. The predicted molar refractivity (Wildman–Crippen MR) is 126 cm³/mol. The van der Waals surface area contributed by atoms with E-state index in [2.05, 4.69) is 4.98 Å². The van der Waals surface area contributed by atoms with Gasteiger partial charge in [0.15, 0.2) is 16.9 Å². The van der Waals surface area contributed by atoms with Gasteiger partial charge in [-0.3, -0.25) is 14.2 Å². The zero-order valence-corrected chi connectivity index (χ0v) is 19.0. The number of imidazole rings is 1. The van der Waals surface area contributed by atoms with Gasteiger partial charge in [0.2, 0.25) is 0 Å². The van der Waals surface area contributed by atoms with Crippen LogP contribution in [0.15, 0.2) is 64.4 Å². The lowest BCUT2D eigenvalue weighted by atomic mass is 10.1. The molecule has 0 radical (unpaired) electrons. The van der Waals surface area contributed by atoms with Crippen molar-refractivity contribution in [3.05, 3.63) is 87.1 Å². The van der Waals surface area contributed by atoms with Gasteiger partial charge in [-0.1, -0.05) is 0 Å². The van der Waals surface area contributed by atoms with E-state index in [1.807, 2.05) is 0 Å². The SMILES string of the molecule is COc1ccc(C(=O)Cn2cnc3c2c(=O)n(CC2CCCO2)c(=O)n3-c2ccc(F)cc2)cc1. The lowest BCUT2D eigenvalue weighted by Crippen LogP contribution is -2.42. The second-order valence-corrected chi connectivity index (χ2v) is 8.34. The highest BCUT2D eigenvalue weighted by molar-refractivity contribution is 5.96. The van der Waals surface area contributed by atoms with Gasteiger partial charge in [0, 0.05) is 12.2 Å². The molecule has 180 valence electrons. The Morgan fingerprint density at radius 2 is 1.89 bits per heavy atom. The van der Waals surface area contributed by atoms with Crippen LogP contribution in [0.3, 0.4) is 0 Å². The third-order valence-electron chi connectivity index (χ3n) is 6.12. The number of halogens is 1. The molecule has 2 aromatic heterocycles. The van der Waals surface area contributed by atoms with E-state index in [1.165, 1.54) is 46.8 Å². The van der Waals surface area contributed by atoms with Gasteiger partial charge >= 0.3 is 5.69 Å². The standard InChI is InChI=1S/C25H23FN4O5/c1-34-19-10-4-16(5-11-19)21(31)14-28-15-27-23-22(28)24(32)29(13-20-3-2-12-35-20)25(33)30(23)18-8-6-17(26)7-9-18/h4-11,15,20H,2-3,12-14H2,1H3. The van der Waals surface area contributed by atoms with Crippen LogP contribution in [0.25, 0.3) is 16.9 Å². The highest BCUT2D eigenvalue weighted by Gasteiger charge is 2.24. The number of fused-ring (bicyclic) bond motifs is 1. The van der Waals surface area contributed by atoms with Crippen LogP contribution in [0.4, 0.5) is 4.39 Å². The Morgan fingerprint density at radius 1 is 1.14 bits per heavy atom. The molecule has 35 heavy (non-hydrogen) atoms. The number of benzene rings is 2. The largest absolute Gasteiger partial charge is 0.497 e. The first kappa shape index (κ1) is 22.7. The molecule has 0 aliphatic carbocycles. The van der Waals surface area contributed by atoms with Crippen molar-refractivity contribution in [3.8, 4) is 11.4 Å². The molecule has 5 rings (SSSR count). The normalized spacial score (nSPS) is 15.5. The van der Waals surface area contributed by atoms with Gasteiger partial charge in [0.25, 0.3) is 5.56 Å². The Kier molecular flexibility index (Phi) is 6.04. The number of aromatic nitrogens is 4. The van der Waals surface area contributed by atoms with E-state index < -0.39 is 17.1 Å². The molecule has 4 aromatic rings. The van der Waals surface area contributed by atoms with Gasteiger partial charge in [-0.2, -0.15) is 0 Å². The number of carbonyl (C=O) groups excluding carboxylic acids is 1. The van der Waals surface area contributed by atoms with Crippen molar-refractivity contribution in [1.82, 2.24) is 18.7 Å². The van der Waals surface area contributed by atoms with E-state index in [1.54, 1.807) is 24.3 Å². The lowest BCUT2D eigenvalue weighted by molar-refractivity contribution is 0.0947. The van der Waals surface area contributed by atoms with Gasteiger partial charge in [-0.05, 0) is 61.4 Å². The van der Waals surface area contributed by atoms with Crippen LogP contribution < -0.4 is 16.0 Å². The van der Waals surface area contributed by atoms with Crippen molar-refractivity contribution in [2.24, 2.45) is 0 Å². The van der Waals surface area contributed by atoms with E-state index in [4.69, 9.17) is 9.47 Å². The molecule has 1 fully saturated rings. The third kappa shape index (κ3) is 4.28. The van der Waals surface area contributed by atoms with Gasteiger partial charge in [-0.15, -0.1) is 0 Å². The minimum atomic E-state index is -0.601. The Bertz CT molecular complexity index is 1500. The number of Topliss-reactive ketones (excluding diaryl/α,β-unsaturated/α-hetero) is 1. The van der Waals surface area contributed by atoms with Crippen LogP contribution in [0.1, 0.15) is 23.2 Å². The van der Waals surface area contributed by atoms with Crippen LogP contribution in [-0.4, -0.2) is 44.3 Å². The summed E-state index contributed by atoms with van der Waals surface area (Å²) in [4.78, 5) is 44.2. The Morgan fingerprint density at radius 3 is 2.54 bits per heavy atom. The fourth-order valence-electron chi connectivity index (χ4n) is 4.30. The molecule has 1 aliphatic rings. The number of ether oxygens (including phenoxy) is 2. The van der Waals surface area contributed by atoms with Crippen LogP contribution in [0.2, 0.25) is 0 Å². The maximum atomic E-state index is 13.6. The highest BCUT2D eigenvalue weighted by Crippen LogP contribution is 2.17. The zero-order chi connectivity index (χ0) is 24.5. The predicted octanol–water partition coefficient (Wildman–Crippen LogP) is 2.56. The summed E-state index contributed by atoms with van der Waals surface area (Å²) < 4.78 is 28.2. The van der Waals surface area contributed by atoms with Gasteiger partial charge < -0.3 is 14.0 Å². The zero-order valence-electron chi connectivity index (χ0n) is 19.0. The number of nitrogens with zero attached hydrogens (tertiary/aromatic N) is 4. The van der Waals surface area contributed by atoms with Crippen LogP contribution in [0.5, 0.6) is 5.75 Å². The maximum Gasteiger partial charge on any atom is 0.337 e. The topological polar surface area (TPSA) is 97.4 Å². The summed E-state index contributed by atoms with van der Waals surface area (Å²) in [5, 5.41) is 0. The summed E-state index contributed by atoms with van der Waals surface area (Å²) in [5.41, 5.74) is -0.157. The van der Waals surface area contributed by atoms with Crippen LogP contribution >= 0.6 is 0 Å².